The molecule has 0 aliphatic carbocycles. The molecule has 0 amide bonds. The van der Waals surface area contributed by atoms with Crippen LogP contribution >= 0.6 is 0 Å². The van der Waals surface area contributed by atoms with E-state index in [0.29, 0.717) is 0 Å². The minimum Gasteiger partial charge on any atom is -0.508 e. The third kappa shape index (κ3) is 1.81. The third-order valence-electron chi connectivity index (χ3n) is 1.67. The quantitative estimate of drug-likeness (QED) is 0.742. The largest absolute Gasteiger partial charge is 0.508 e. The van der Waals surface area contributed by atoms with Crippen LogP contribution in [0.15, 0.2) is 24.3 Å². The first-order valence-corrected chi connectivity index (χ1v) is 3.74. The highest BCUT2D eigenvalue weighted by Gasteiger charge is 2.42. The number of carbonyl (C=O) groups excluding carboxylic acids is 1. The van der Waals surface area contributed by atoms with E-state index in [1.165, 1.54) is 0 Å². The van der Waals surface area contributed by atoms with Crippen molar-refractivity contribution in [2.75, 3.05) is 7.11 Å². The number of aromatic hydroxyl groups is 1. The molecule has 0 aromatic heterocycles. The average Bonchev–Trinajstić information content (AvgIpc) is 2.17. The first-order chi connectivity index (χ1) is 6.48. The van der Waals surface area contributed by atoms with Gasteiger partial charge in [-0.25, -0.2) is 4.79 Å². The van der Waals surface area contributed by atoms with Crippen LogP contribution in [0.3, 0.4) is 0 Å². The van der Waals surface area contributed by atoms with Crippen molar-refractivity contribution in [1.82, 2.24) is 0 Å². The predicted octanol–water partition coefficient (Wildman–Crippen LogP) is 1.66. The maximum Gasteiger partial charge on any atom is 0.381 e. The van der Waals surface area contributed by atoms with Crippen molar-refractivity contribution in [2.24, 2.45) is 0 Å². The lowest BCUT2D eigenvalue weighted by Crippen LogP contribution is -2.27. The molecule has 76 valence electrons. The van der Waals surface area contributed by atoms with Crippen molar-refractivity contribution in [3.8, 4) is 5.75 Å². The number of ether oxygens (including phenoxy) is 1. The smallest absolute Gasteiger partial charge is 0.381 e. The molecule has 14 heavy (non-hydrogen) atoms. The molecule has 0 fully saturated rings. The molecule has 0 atom stereocenters. The highest BCUT2D eigenvalue weighted by molar-refractivity contribution is 5.79. The van der Waals surface area contributed by atoms with Gasteiger partial charge in [-0.05, 0) is 24.3 Å². The van der Waals surface area contributed by atoms with Gasteiger partial charge in [-0.2, -0.15) is 8.78 Å². The van der Waals surface area contributed by atoms with Crippen molar-refractivity contribution < 1.29 is 23.4 Å². The Morgan fingerprint density at radius 2 is 1.86 bits per heavy atom. The lowest BCUT2D eigenvalue weighted by atomic mass is 10.1. The zero-order chi connectivity index (χ0) is 10.8. The van der Waals surface area contributed by atoms with Gasteiger partial charge in [-0.1, -0.05) is 0 Å². The fraction of sp³-hybridized carbons (Fsp3) is 0.222. The minimum atomic E-state index is -3.68. The maximum absolute atomic E-state index is 13.1. The van der Waals surface area contributed by atoms with E-state index in [4.69, 9.17) is 5.11 Å². The van der Waals surface area contributed by atoms with Crippen LogP contribution in [0, 0.1) is 0 Å². The van der Waals surface area contributed by atoms with E-state index in [0.717, 1.165) is 31.4 Å². The van der Waals surface area contributed by atoms with Crippen LogP contribution in [0.5, 0.6) is 5.75 Å². The van der Waals surface area contributed by atoms with E-state index >= 15 is 0 Å². The summed E-state index contributed by atoms with van der Waals surface area (Å²) in [6.45, 7) is 0. The molecule has 0 aliphatic rings. The van der Waals surface area contributed by atoms with Crippen molar-refractivity contribution >= 4 is 5.97 Å². The highest BCUT2D eigenvalue weighted by Crippen LogP contribution is 2.30. The number of benzene rings is 1. The number of esters is 1. The Bertz CT molecular complexity index is 332. The molecule has 0 spiro atoms. The Labute approximate surface area is 78.9 Å². The van der Waals surface area contributed by atoms with Crippen LogP contribution in [0.1, 0.15) is 5.56 Å². The molecule has 0 heterocycles. The standard InChI is InChI=1S/C9H8F2O3/c1-14-8(13)9(10,11)6-2-4-7(12)5-3-6/h2-5,12H,1H3. The van der Waals surface area contributed by atoms with Crippen LogP contribution < -0.4 is 0 Å². The van der Waals surface area contributed by atoms with Crippen molar-refractivity contribution in [3.63, 3.8) is 0 Å². The average molecular weight is 202 g/mol. The Morgan fingerprint density at radius 3 is 2.29 bits per heavy atom. The van der Waals surface area contributed by atoms with Gasteiger partial charge in [-0.3, -0.25) is 0 Å². The number of hydrogen-bond acceptors (Lipinski definition) is 3. The predicted molar refractivity (Wildman–Crippen MR) is 44.0 cm³/mol. The van der Waals surface area contributed by atoms with Gasteiger partial charge in [0.2, 0.25) is 0 Å². The fourth-order valence-corrected chi connectivity index (χ4v) is 0.917. The molecule has 0 unspecified atom stereocenters. The number of phenols is 1. The lowest BCUT2D eigenvalue weighted by Gasteiger charge is -2.13. The first kappa shape index (κ1) is 10.4. The second kappa shape index (κ2) is 3.61. The number of hydrogen-bond donors (Lipinski definition) is 1. The Balaban J connectivity index is 3.03. The molecule has 1 aromatic carbocycles. The summed E-state index contributed by atoms with van der Waals surface area (Å²) < 4.78 is 30.2. The SMILES string of the molecule is COC(=O)C(F)(F)c1ccc(O)cc1. The summed E-state index contributed by atoms with van der Waals surface area (Å²) >= 11 is 0. The Morgan fingerprint density at radius 1 is 1.36 bits per heavy atom. The molecule has 1 rings (SSSR count). The van der Waals surface area contributed by atoms with E-state index in [2.05, 4.69) is 4.74 Å². The summed E-state index contributed by atoms with van der Waals surface area (Å²) in [6.07, 6.45) is 0. The molecule has 5 heteroatoms. The van der Waals surface area contributed by atoms with Gasteiger partial charge in [0.15, 0.2) is 0 Å². The molecule has 1 aromatic rings. The fourth-order valence-electron chi connectivity index (χ4n) is 0.917. The number of methoxy groups -OCH3 is 1. The minimum absolute atomic E-state index is 0.144. The van der Waals surface area contributed by atoms with E-state index < -0.39 is 17.5 Å². The summed E-state index contributed by atoms with van der Waals surface area (Å²) in [5.74, 6) is -5.44. The van der Waals surface area contributed by atoms with E-state index in [1.807, 2.05) is 0 Å². The number of carbonyl (C=O) groups is 1. The monoisotopic (exact) mass is 202 g/mol. The summed E-state index contributed by atoms with van der Waals surface area (Å²) in [4.78, 5) is 10.7. The molecular weight excluding hydrogens is 194 g/mol. The van der Waals surface area contributed by atoms with Crippen LogP contribution in [-0.4, -0.2) is 18.2 Å². The molecule has 0 saturated heterocycles. The molecule has 0 bridgehead atoms. The number of rotatable bonds is 2. The lowest BCUT2D eigenvalue weighted by molar-refractivity contribution is -0.170. The summed E-state index contributed by atoms with van der Waals surface area (Å²) in [5, 5.41) is 8.86. The van der Waals surface area contributed by atoms with Crippen molar-refractivity contribution in [1.29, 1.82) is 0 Å². The van der Waals surface area contributed by atoms with Crippen molar-refractivity contribution in [3.05, 3.63) is 29.8 Å². The molecule has 1 N–H and O–H groups in total. The maximum atomic E-state index is 13.1. The number of alkyl halides is 2. The first-order valence-electron chi connectivity index (χ1n) is 3.74. The van der Waals surface area contributed by atoms with Crippen LogP contribution in [0.25, 0.3) is 0 Å². The van der Waals surface area contributed by atoms with Gasteiger partial charge in [0.05, 0.1) is 7.11 Å². The highest BCUT2D eigenvalue weighted by atomic mass is 19.3. The second-order valence-electron chi connectivity index (χ2n) is 2.61. The van der Waals surface area contributed by atoms with Crippen molar-refractivity contribution in [2.45, 2.75) is 5.92 Å². The summed E-state index contributed by atoms with van der Waals surface area (Å²) in [6, 6.07) is 4.08. The van der Waals surface area contributed by atoms with E-state index in [9.17, 15) is 13.6 Å². The van der Waals surface area contributed by atoms with E-state index in [-0.39, 0.29) is 5.75 Å². The van der Waals surface area contributed by atoms with Gasteiger partial charge >= 0.3 is 11.9 Å². The number of phenolic OH excluding ortho intramolecular Hbond substituents is 1. The molecular formula is C9H8F2O3. The Kier molecular flexibility index (Phi) is 2.69. The third-order valence-corrected chi connectivity index (χ3v) is 1.67. The summed E-state index contributed by atoms with van der Waals surface area (Å²) in [5.41, 5.74) is -0.512. The molecule has 3 nitrogen and oxygen atoms in total. The summed E-state index contributed by atoms with van der Waals surface area (Å²) in [7, 11) is 0.886. The van der Waals surface area contributed by atoms with Gasteiger partial charge < -0.3 is 9.84 Å². The zero-order valence-electron chi connectivity index (χ0n) is 7.33. The topological polar surface area (TPSA) is 46.5 Å². The van der Waals surface area contributed by atoms with Gasteiger partial charge in [-0.15, -0.1) is 0 Å². The Hall–Kier alpha value is -1.65. The molecule has 0 aliphatic heterocycles. The normalized spacial score (nSPS) is 11.1. The zero-order valence-corrected chi connectivity index (χ0v) is 7.33. The van der Waals surface area contributed by atoms with Crippen LogP contribution in [0.4, 0.5) is 8.78 Å². The molecule has 0 saturated carbocycles. The van der Waals surface area contributed by atoms with Gasteiger partial charge in [0.1, 0.15) is 5.75 Å². The molecule has 0 radical (unpaired) electrons. The number of halogens is 2. The van der Waals surface area contributed by atoms with Gasteiger partial charge in [0.25, 0.3) is 0 Å². The van der Waals surface area contributed by atoms with Crippen LogP contribution in [-0.2, 0) is 15.5 Å². The van der Waals surface area contributed by atoms with Gasteiger partial charge in [0, 0.05) is 5.56 Å². The second-order valence-corrected chi connectivity index (χ2v) is 2.61. The van der Waals surface area contributed by atoms with Crippen LogP contribution in [0.2, 0.25) is 0 Å². The van der Waals surface area contributed by atoms with E-state index in [1.54, 1.807) is 0 Å².